The number of rotatable bonds is 6. The molecule has 5 nitrogen and oxygen atoms in total. The van der Waals surface area contributed by atoms with Crippen molar-refractivity contribution in [2.24, 2.45) is 0 Å². The number of carbonyl (C=O) groups excluding carboxylic acids is 2. The quantitative estimate of drug-likeness (QED) is 0.613. The Labute approximate surface area is 154 Å². The molecule has 0 bridgehead atoms. The van der Waals surface area contributed by atoms with Gasteiger partial charge >= 0.3 is 5.97 Å². The SMILES string of the molecule is Cc1cccc(OCC(=O)O[C@@H](C)C(=O)Nc2ccc(F)c(F)c2F)c1C. The molecule has 2 aromatic rings. The minimum atomic E-state index is -1.71. The van der Waals surface area contributed by atoms with Crippen LogP contribution in [-0.2, 0) is 14.3 Å². The summed E-state index contributed by atoms with van der Waals surface area (Å²) in [5.74, 6) is -5.84. The molecule has 0 aromatic heterocycles. The summed E-state index contributed by atoms with van der Waals surface area (Å²) < 4.78 is 49.9. The number of nitrogens with one attached hydrogen (secondary N) is 1. The molecule has 0 fully saturated rings. The van der Waals surface area contributed by atoms with Crippen LogP contribution in [0.25, 0.3) is 0 Å². The van der Waals surface area contributed by atoms with E-state index < -0.39 is 47.7 Å². The number of carbonyl (C=O) groups is 2. The zero-order valence-electron chi connectivity index (χ0n) is 14.9. The van der Waals surface area contributed by atoms with E-state index in [0.29, 0.717) is 11.8 Å². The maximum atomic E-state index is 13.6. The van der Waals surface area contributed by atoms with Crippen LogP contribution in [0.1, 0.15) is 18.1 Å². The smallest absolute Gasteiger partial charge is 0.344 e. The average molecular weight is 381 g/mol. The van der Waals surface area contributed by atoms with Gasteiger partial charge in [0.1, 0.15) is 5.75 Å². The highest BCUT2D eigenvalue weighted by Crippen LogP contribution is 2.21. The number of aryl methyl sites for hydroxylation is 1. The van der Waals surface area contributed by atoms with Crippen LogP contribution in [0.5, 0.6) is 5.75 Å². The van der Waals surface area contributed by atoms with Gasteiger partial charge in [-0.2, -0.15) is 0 Å². The number of benzene rings is 2. The Morgan fingerprint density at radius 2 is 1.78 bits per heavy atom. The lowest BCUT2D eigenvalue weighted by Crippen LogP contribution is -2.32. The molecule has 1 N–H and O–H groups in total. The number of esters is 1. The third-order valence-corrected chi connectivity index (χ3v) is 3.87. The highest BCUT2D eigenvalue weighted by molar-refractivity contribution is 5.95. The number of halogens is 3. The molecule has 1 atom stereocenters. The standard InChI is InChI=1S/C19H18F3NO4/c1-10-5-4-6-15(11(10)2)26-9-16(24)27-12(3)19(25)23-14-8-7-13(20)17(21)18(14)22/h4-8,12H,9H2,1-3H3,(H,23,25)/t12-/m0/s1. The number of hydrogen-bond donors (Lipinski definition) is 1. The molecular weight excluding hydrogens is 363 g/mol. The van der Waals surface area contributed by atoms with E-state index in [4.69, 9.17) is 9.47 Å². The molecule has 0 radical (unpaired) electrons. The van der Waals surface area contributed by atoms with Gasteiger partial charge in [-0.15, -0.1) is 0 Å². The summed E-state index contributed by atoms with van der Waals surface area (Å²) in [7, 11) is 0. The first-order valence-electron chi connectivity index (χ1n) is 8.03. The fraction of sp³-hybridized carbons (Fsp3) is 0.263. The second-order valence-corrected chi connectivity index (χ2v) is 5.83. The minimum absolute atomic E-state index is 0.429. The fourth-order valence-corrected chi connectivity index (χ4v) is 2.16. The van der Waals surface area contributed by atoms with Crippen molar-refractivity contribution in [3.63, 3.8) is 0 Å². The van der Waals surface area contributed by atoms with Gasteiger partial charge in [0.25, 0.3) is 5.91 Å². The van der Waals surface area contributed by atoms with Crippen molar-refractivity contribution in [2.45, 2.75) is 26.9 Å². The van der Waals surface area contributed by atoms with Crippen LogP contribution in [0.3, 0.4) is 0 Å². The molecule has 0 saturated carbocycles. The summed E-state index contributed by atoms with van der Waals surface area (Å²) in [5.41, 5.74) is 1.29. The lowest BCUT2D eigenvalue weighted by atomic mass is 10.1. The van der Waals surface area contributed by atoms with Gasteiger partial charge in [0.15, 0.2) is 30.2 Å². The van der Waals surface area contributed by atoms with E-state index in [0.717, 1.165) is 17.2 Å². The highest BCUT2D eigenvalue weighted by Gasteiger charge is 2.21. The number of anilines is 1. The summed E-state index contributed by atoms with van der Waals surface area (Å²) in [4.78, 5) is 23.8. The predicted molar refractivity (Wildman–Crippen MR) is 91.9 cm³/mol. The molecule has 2 aromatic carbocycles. The van der Waals surface area contributed by atoms with Crippen LogP contribution < -0.4 is 10.1 Å². The fourth-order valence-electron chi connectivity index (χ4n) is 2.16. The molecular formula is C19H18F3NO4. The first-order chi connectivity index (χ1) is 12.7. The number of hydrogen-bond acceptors (Lipinski definition) is 4. The van der Waals surface area contributed by atoms with Crippen LogP contribution in [-0.4, -0.2) is 24.6 Å². The van der Waals surface area contributed by atoms with Gasteiger partial charge in [0.05, 0.1) is 5.69 Å². The largest absolute Gasteiger partial charge is 0.482 e. The molecule has 0 aliphatic carbocycles. The molecule has 1 amide bonds. The molecule has 0 heterocycles. The first-order valence-corrected chi connectivity index (χ1v) is 8.03. The Kier molecular flexibility index (Phi) is 6.44. The molecule has 0 spiro atoms. The van der Waals surface area contributed by atoms with E-state index in [1.165, 1.54) is 6.92 Å². The van der Waals surface area contributed by atoms with E-state index in [1.807, 2.05) is 25.2 Å². The van der Waals surface area contributed by atoms with Crippen LogP contribution >= 0.6 is 0 Å². The van der Waals surface area contributed by atoms with Gasteiger partial charge in [0, 0.05) is 0 Å². The second kappa shape index (κ2) is 8.57. The van der Waals surface area contributed by atoms with Crippen molar-refractivity contribution in [1.82, 2.24) is 0 Å². The molecule has 0 saturated heterocycles. The zero-order chi connectivity index (χ0) is 20.1. The summed E-state index contributed by atoms with van der Waals surface area (Å²) >= 11 is 0. The molecule has 8 heteroatoms. The Bertz CT molecular complexity index is 870. The molecule has 2 rings (SSSR count). The maximum absolute atomic E-state index is 13.6. The van der Waals surface area contributed by atoms with Gasteiger partial charge in [0.2, 0.25) is 0 Å². The van der Waals surface area contributed by atoms with Gasteiger partial charge in [-0.05, 0) is 50.1 Å². The summed E-state index contributed by atoms with van der Waals surface area (Å²) in [6, 6.07) is 6.89. The second-order valence-electron chi connectivity index (χ2n) is 5.83. The topological polar surface area (TPSA) is 64.6 Å². The minimum Gasteiger partial charge on any atom is -0.482 e. The Morgan fingerprint density at radius 3 is 2.48 bits per heavy atom. The molecule has 0 unspecified atom stereocenters. The Hall–Kier alpha value is -3.03. The third kappa shape index (κ3) is 4.99. The monoisotopic (exact) mass is 381 g/mol. The molecule has 144 valence electrons. The van der Waals surface area contributed by atoms with Crippen LogP contribution in [0, 0.1) is 31.3 Å². The lowest BCUT2D eigenvalue weighted by Gasteiger charge is -2.15. The molecule has 0 aliphatic heterocycles. The van der Waals surface area contributed by atoms with Crippen molar-refractivity contribution in [1.29, 1.82) is 0 Å². The molecule has 0 aliphatic rings. The van der Waals surface area contributed by atoms with Gasteiger partial charge in [-0.25, -0.2) is 18.0 Å². The van der Waals surface area contributed by atoms with Gasteiger partial charge in [-0.1, -0.05) is 12.1 Å². The van der Waals surface area contributed by atoms with Crippen molar-refractivity contribution in [3.05, 3.63) is 58.9 Å². The highest BCUT2D eigenvalue weighted by atomic mass is 19.2. The van der Waals surface area contributed by atoms with E-state index in [2.05, 4.69) is 0 Å². The van der Waals surface area contributed by atoms with Crippen LogP contribution in [0.15, 0.2) is 30.3 Å². The van der Waals surface area contributed by atoms with Crippen molar-refractivity contribution in [3.8, 4) is 5.75 Å². The van der Waals surface area contributed by atoms with Crippen LogP contribution in [0.2, 0.25) is 0 Å². The van der Waals surface area contributed by atoms with Crippen molar-refractivity contribution >= 4 is 17.6 Å². The maximum Gasteiger partial charge on any atom is 0.344 e. The summed E-state index contributed by atoms with van der Waals surface area (Å²) in [6.45, 7) is 4.55. The molecule has 27 heavy (non-hydrogen) atoms. The van der Waals surface area contributed by atoms with E-state index in [1.54, 1.807) is 12.1 Å². The van der Waals surface area contributed by atoms with Gasteiger partial charge < -0.3 is 14.8 Å². The lowest BCUT2D eigenvalue weighted by molar-refractivity contribution is -0.155. The van der Waals surface area contributed by atoms with Crippen molar-refractivity contribution in [2.75, 3.05) is 11.9 Å². The van der Waals surface area contributed by atoms with Crippen molar-refractivity contribution < 1.29 is 32.2 Å². The van der Waals surface area contributed by atoms with E-state index in [9.17, 15) is 22.8 Å². The average Bonchev–Trinajstić information content (AvgIpc) is 2.63. The number of ether oxygens (including phenoxy) is 2. The van der Waals surface area contributed by atoms with Crippen LogP contribution in [0.4, 0.5) is 18.9 Å². The zero-order valence-corrected chi connectivity index (χ0v) is 14.9. The Balaban J connectivity index is 1.91. The normalized spacial score (nSPS) is 11.6. The first kappa shape index (κ1) is 20.3. The predicted octanol–water partition coefficient (Wildman–Crippen LogP) is 3.67. The number of amides is 1. The summed E-state index contributed by atoms with van der Waals surface area (Å²) in [6.07, 6.45) is -1.30. The van der Waals surface area contributed by atoms with E-state index >= 15 is 0 Å². The Morgan fingerprint density at radius 1 is 1.07 bits per heavy atom. The third-order valence-electron chi connectivity index (χ3n) is 3.87. The van der Waals surface area contributed by atoms with Gasteiger partial charge in [-0.3, -0.25) is 4.79 Å². The van der Waals surface area contributed by atoms with E-state index in [-0.39, 0.29) is 0 Å². The summed E-state index contributed by atoms with van der Waals surface area (Å²) in [5, 5.41) is 2.04.